The van der Waals surface area contributed by atoms with Crippen molar-refractivity contribution in [1.82, 2.24) is 10.0 Å². The van der Waals surface area contributed by atoms with Gasteiger partial charge in [0.1, 0.15) is 5.75 Å². The van der Waals surface area contributed by atoms with Gasteiger partial charge in [0.25, 0.3) is 0 Å². The minimum atomic E-state index is -3.78. The van der Waals surface area contributed by atoms with E-state index in [0.717, 1.165) is 33.3 Å². The molecule has 0 aliphatic heterocycles. The van der Waals surface area contributed by atoms with Crippen LogP contribution in [0.25, 0.3) is 16.3 Å². The number of ether oxygens (including phenoxy) is 1. The van der Waals surface area contributed by atoms with Crippen LogP contribution in [0.2, 0.25) is 5.02 Å². The summed E-state index contributed by atoms with van der Waals surface area (Å²) < 4.78 is 34.5. The predicted octanol–water partition coefficient (Wildman–Crippen LogP) is 6.20. The number of hydrogen-bond donors (Lipinski definition) is 2. The molecule has 0 saturated carbocycles. The van der Waals surface area contributed by atoms with Gasteiger partial charge in [-0.2, -0.15) is 0 Å². The Bertz CT molecular complexity index is 1900. The highest BCUT2D eigenvalue weighted by Gasteiger charge is 2.35. The SMILES string of the molecule is COc1ccc2c(c1)C(CC(=O)NCCCNS(=O)(=O)c1cccc3c(N(C)C)cccc13)=C(C)C2C(=O)c1ccc(Cl)cc1. The summed E-state index contributed by atoms with van der Waals surface area (Å²) in [7, 11) is 1.64. The summed E-state index contributed by atoms with van der Waals surface area (Å²) in [6.07, 6.45) is 0.477. The van der Waals surface area contributed by atoms with Crippen molar-refractivity contribution in [3.63, 3.8) is 0 Å². The van der Waals surface area contributed by atoms with E-state index in [-0.39, 0.29) is 36.1 Å². The van der Waals surface area contributed by atoms with Crippen molar-refractivity contribution in [3.05, 3.63) is 106 Å². The number of hydrogen-bond acceptors (Lipinski definition) is 6. The normalized spacial score (nSPS) is 14.4. The van der Waals surface area contributed by atoms with E-state index in [1.165, 1.54) is 0 Å². The number of nitrogens with one attached hydrogen (secondary N) is 2. The van der Waals surface area contributed by atoms with Crippen molar-refractivity contribution in [2.24, 2.45) is 0 Å². The summed E-state index contributed by atoms with van der Waals surface area (Å²) in [5.41, 5.74) is 4.71. The van der Waals surface area contributed by atoms with Crippen molar-refractivity contribution in [1.29, 1.82) is 0 Å². The number of allylic oxidation sites excluding steroid dienone is 1. The van der Waals surface area contributed by atoms with E-state index in [1.807, 2.05) is 62.3 Å². The first-order valence-corrected chi connectivity index (χ1v) is 16.5. The molecule has 0 radical (unpaired) electrons. The Kier molecular flexibility index (Phi) is 9.62. The number of fused-ring (bicyclic) bond motifs is 2. The number of methoxy groups -OCH3 is 1. The molecule has 1 atom stereocenters. The molecule has 8 nitrogen and oxygen atoms in total. The van der Waals surface area contributed by atoms with Crippen molar-refractivity contribution in [2.45, 2.75) is 30.6 Å². The summed E-state index contributed by atoms with van der Waals surface area (Å²) in [6.45, 7) is 2.33. The number of halogens is 1. The number of nitrogens with zero attached hydrogens (tertiary/aromatic N) is 1. The van der Waals surface area contributed by atoms with Gasteiger partial charge in [-0.15, -0.1) is 0 Å². The quantitative estimate of drug-likeness (QED) is 0.141. The van der Waals surface area contributed by atoms with Crippen LogP contribution in [-0.2, 0) is 14.8 Å². The minimum Gasteiger partial charge on any atom is -0.497 e. The number of carbonyl (C=O) groups is 2. The second kappa shape index (κ2) is 13.4. The van der Waals surface area contributed by atoms with Gasteiger partial charge in [-0.05, 0) is 78.6 Å². The van der Waals surface area contributed by atoms with Gasteiger partial charge in [-0.25, -0.2) is 13.1 Å². The van der Waals surface area contributed by atoms with Crippen LogP contribution in [0.1, 0.15) is 47.2 Å². The molecule has 1 aliphatic carbocycles. The van der Waals surface area contributed by atoms with Gasteiger partial charge < -0.3 is 15.0 Å². The average molecular weight is 646 g/mol. The Morgan fingerprint density at radius 3 is 2.36 bits per heavy atom. The van der Waals surface area contributed by atoms with Crippen LogP contribution in [0.15, 0.2) is 89.3 Å². The van der Waals surface area contributed by atoms with Crippen LogP contribution in [0, 0.1) is 0 Å². The molecule has 2 N–H and O–H groups in total. The Labute approximate surface area is 269 Å². The number of ketones is 1. The summed E-state index contributed by atoms with van der Waals surface area (Å²) >= 11 is 6.03. The molecule has 5 rings (SSSR count). The zero-order chi connectivity index (χ0) is 32.3. The second-order valence-electron chi connectivity index (χ2n) is 11.2. The van der Waals surface area contributed by atoms with Gasteiger partial charge in [0, 0.05) is 54.2 Å². The van der Waals surface area contributed by atoms with Gasteiger partial charge in [-0.1, -0.05) is 47.5 Å². The Hall–Kier alpha value is -4.18. The molecule has 234 valence electrons. The molecule has 0 spiro atoms. The van der Waals surface area contributed by atoms with Crippen molar-refractivity contribution >= 4 is 55.3 Å². The summed E-state index contributed by atoms with van der Waals surface area (Å²) in [5, 5.41) is 4.95. The third-order valence-electron chi connectivity index (χ3n) is 8.13. The first-order valence-electron chi connectivity index (χ1n) is 14.6. The third-order valence-corrected chi connectivity index (χ3v) is 9.90. The number of anilines is 1. The Balaban J connectivity index is 1.23. The van der Waals surface area contributed by atoms with Gasteiger partial charge in [-0.3, -0.25) is 9.59 Å². The van der Waals surface area contributed by atoms with Crippen molar-refractivity contribution < 1.29 is 22.7 Å². The predicted molar refractivity (Wildman–Crippen MR) is 180 cm³/mol. The third kappa shape index (κ3) is 6.76. The monoisotopic (exact) mass is 645 g/mol. The number of carbonyl (C=O) groups excluding carboxylic acids is 2. The first kappa shape index (κ1) is 32.2. The van der Waals surface area contributed by atoms with Gasteiger partial charge in [0.05, 0.1) is 24.3 Å². The Morgan fingerprint density at radius 2 is 1.64 bits per heavy atom. The fourth-order valence-corrected chi connectivity index (χ4v) is 7.28. The Morgan fingerprint density at radius 1 is 0.933 bits per heavy atom. The minimum absolute atomic E-state index is 0.0672. The summed E-state index contributed by atoms with van der Waals surface area (Å²) in [5.74, 6) is -0.170. The fraction of sp³-hybridized carbons (Fsp3) is 0.257. The topological polar surface area (TPSA) is 105 Å². The molecule has 0 fully saturated rings. The molecule has 1 amide bonds. The maximum Gasteiger partial charge on any atom is 0.241 e. The highest BCUT2D eigenvalue weighted by Crippen LogP contribution is 2.46. The highest BCUT2D eigenvalue weighted by atomic mass is 35.5. The maximum absolute atomic E-state index is 13.6. The average Bonchev–Trinajstić information content (AvgIpc) is 3.29. The van der Waals surface area contributed by atoms with E-state index in [9.17, 15) is 18.0 Å². The van der Waals surface area contributed by atoms with E-state index >= 15 is 0 Å². The molecule has 0 aromatic heterocycles. The van der Waals surface area contributed by atoms with Crippen LogP contribution >= 0.6 is 11.6 Å². The first-order chi connectivity index (χ1) is 21.5. The van der Waals surface area contributed by atoms with Crippen LogP contribution < -0.4 is 19.7 Å². The molecule has 45 heavy (non-hydrogen) atoms. The maximum atomic E-state index is 13.6. The number of benzene rings is 4. The van der Waals surface area contributed by atoms with Crippen LogP contribution in [-0.4, -0.2) is 54.4 Å². The smallest absolute Gasteiger partial charge is 0.241 e. The lowest BCUT2D eigenvalue weighted by Gasteiger charge is -2.17. The molecule has 1 unspecified atom stereocenters. The van der Waals surface area contributed by atoms with Crippen molar-refractivity contribution in [3.8, 4) is 5.75 Å². The number of rotatable bonds is 12. The van der Waals surface area contributed by atoms with E-state index < -0.39 is 15.9 Å². The number of sulfonamides is 1. The van der Waals surface area contributed by atoms with E-state index in [4.69, 9.17) is 16.3 Å². The van der Waals surface area contributed by atoms with Gasteiger partial charge in [0.15, 0.2) is 5.78 Å². The van der Waals surface area contributed by atoms with Crippen LogP contribution in [0.5, 0.6) is 5.75 Å². The van der Waals surface area contributed by atoms with Crippen molar-refractivity contribution in [2.75, 3.05) is 39.2 Å². The van der Waals surface area contributed by atoms with Crippen LogP contribution in [0.4, 0.5) is 5.69 Å². The van der Waals surface area contributed by atoms with Gasteiger partial charge >= 0.3 is 0 Å². The number of amides is 1. The van der Waals surface area contributed by atoms with Crippen LogP contribution in [0.3, 0.4) is 0 Å². The summed E-state index contributed by atoms with van der Waals surface area (Å²) in [4.78, 5) is 28.9. The zero-order valence-corrected chi connectivity index (χ0v) is 27.3. The molecule has 4 aromatic carbocycles. The lowest BCUT2D eigenvalue weighted by Crippen LogP contribution is -2.30. The molecule has 0 saturated heterocycles. The van der Waals surface area contributed by atoms with E-state index in [0.29, 0.717) is 28.1 Å². The van der Waals surface area contributed by atoms with Gasteiger partial charge in [0.2, 0.25) is 15.9 Å². The highest BCUT2D eigenvalue weighted by molar-refractivity contribution is 7.89. The molecule has 4 aromatic rings. The molecule has 10 heteroatoms. The largest absolute Gasteiger partial charge is 0.497 e. The molecular formula is C35H36ClN3O5S. The zero-order valence-electron chi connectivity index (χ0n) is 25.7. The number of Topliss-reactive ketones (excluding diaryl/α,β-unsaturated/α-hetero) is 1. The molecule has 0 bridgehead atoms. The fourth-order valence-electron chi connectivity index (χ4n) is 5.86. The molecular weight excluding hydrogens is 610 g/mol. The molecule has 1 aliphatic rings. The molecule has 0 heterocycles. The standard InChI is InChI=1S/C35H36ClN3O5S/c1-22-29(30-20-25(44-4)16-17-28(30)34(22)35(41)23-12-14-24(36)15-13-23)21-33(40)37-18-7-19-38-45(42,43)32-11-6-8-26-27(32)9-5-10-31(26)39(2)3/h5-6,8-17,20,34,38H,7,18-19,21H2,1-4H3,(H,37,40). The second-order valence-corrected chi connectivity index (χ2v) is 13.4. The lowest BCUT2D eigenvalue weighted by atomic mass is 9.88. The summed E-state index contributed by atoms with van der Waals surface area (Å²) in [6, 6.07) is 23.2. The van der Waals surface area contributed by atoms with E-state index in [1.54, 1.807) is 49.6 Å². The lowest BCUT2D eigenvalue weighted by molar-refractivity contribution is -0.120. The van der Waals surface area contributed by atoms with E-state index in [2.05, 4.69) is 10.0 Å².